The Labute approximate surface area is 160 Å². The Bertz CT molecular complexity index is 794. The molecular formula is C18H27N3O5S. The summed E-state index contributed by atoms with van der Waals surface area (Å²) >= 11 is 0. The smallest absolute Gasteiger partial charge is 0.309 e. The van der Waals surface area contributed by atoms with Gasteiger partial charge in [-0.1, -0.05) is 19.1 Å². The molecule has 0 bridgehead atoms. The van der Waals surface area contributed by atoms with Crippen LogP contribution in [0.15, 0.2) is 23.1 Å². The number of benzene rings is 1. The molecule has 2 amide bonds. The summed E-state index contributed by atoms with van der Waals surface area (Å²) in [6.07, 6.45) is 0.421. The minimum absolute atomic E-state index is 0.0948. The Hall–Kier alpha value is -1.97. The largest absolute Gasteiger partial charge is 0.360 e. The fourth-order valence-corrected chi connectivity index (χ4v) is 4.67. The average Bonchev–Trinajstić information content (AvgIpc) is 2.66. The van der Waals surface area contributed by atoms with Gasteiger partial charge in [0.15, 0.2) is 0 Å². The summed E-state index contributed by atoms with van der Waals surface area (Å²) in [6, 6.07) is 5.25. The molecule has 0 spiro atoms. The predicted octanol–water partition coefficient (Wildman–Crippen LogP) is 0.683. The topological polar surface area (TPSA) is 105 Å². The summed E-state index contributed by atoms with van der Waals surface area (Å²) < 4.78 is 33.1. The molecular weight excluding hydrogens is 370 g/mol. The van der Waals surface area contributed by atoms with Crippen LogP contribution < -0.4 is 10.6 Å². The number of nitrogens with zero attached hydrogens (tertiary/aromatic N) is 1. The van der Waals surface area contributed by atoms with Crippen LogP contribution in [0.3, 0.4) is 0 Å². The van der Waals surface area contributed by atoms with Crippen molar-refractivity contribution in [3.05, 3.63) is 29.3 Å². The molecule has 27 heavy (non-hydrogen) atoms. The summed E-state index contributed by atoms with van der Waals surface area (Å²) in [6.45, 7) is 6.44. The molecule has 150 valence electrons. The molecule has 1 saturated heterocycles. The molecule has 1 aromatic rings. The lowest BCUT2D eigenvalue weighted by molar-refractivity contribution is -0.140. The van der Waals surface area contributed by atoms with Gasteiger partial charge in [0.2, 0.25) is 10.0 Å². The van der Waals surface area contributed by atoms with Crippen molar-refractivity contribution in [2.75, 3.05) is 26.2 Å². The van der Waals surface area contributed by atoms with E-state index in [1.54, 1.807) is 19.1 Å². The average molecular weight is 397 g/mol. The van der Waals surface area contributed by atoms with Crippen molar-refractivity contribution in [3.63, 3.8) is 0 Å². The van der Waals surface area contributed by atoms with Crippen LogP contribution in [0.25, 0.3) is 0 Å². The molecule has 1 heterocycles. The van der Waals surface area contributed by atoms with Crippen molar-refractivity contribution in [1.82, 2.24) is 14.9 Å². The molecule has 1 aliphatic heterocycles. The molecule has 1 unspecified atom stereocenters. The first kappa shape index (κ1) is 21.3. The monoisotopic (exact) mass is 397 g/mol. The van der Waals surface area contributed by atoms with Crippen molar-refractivity contribution >= 4 is 21.8 Å². The van der Waals surface area contributed by atoms with Gasteiger partial charge in [-0.05, 0) is 43.9 Å². The van der Waals surface area contributed by atoms with Gasteiger partial charge in [-0.25, -0.2) is 8.42 Å². The maximum absolute atomic E-state index is 13.1. The molecule has 1 atom stereocenters. The zero-order valence-corrected chi connectivity index (χ0v) is 16.8. The molecule has 9 heteroatoms. The third-order valence-corrected chi connectivity index (χ3v) is 6.29. The number of ether oxygens (including phenoxy) is 1. The van der Waals surface area contributed by atoms with Gasteiger partial charge in [0.25, 0.3) is 0 Å². The molecule has 0 aliphatic carbocycles. The minimum atomic E-state index is -3.79. The van der Waals surface area contributed by atoms with Crippen LogP contribution in [0.4, 0.5) is 0 Å². The van der Waals surface area contributed by atoms with Crippen molar-refractivity contribution < 1.29 is 22.7 Å². The number of hydrogen-bond acceptors (Lipinski definition) is 5. The molecule has 0 aromatic heterocycles. The lowest BCUT2D eigenvalue weighted by Crippen LogP contribution is -2.53. The summed E-state index contributed by atoms with van der Waals surface area (Å²) in [7, 11) is -3.79. The maximum atomic E-state index is 13.1. The number of nitrogens with one attached hydrogen (secondary N) is 2. The number of carbonyl (C=O) groups is 2. The highest BCUT2D eigenvalue weighted by Gasteiger charge is 2.35. The van der Waals surface area contributed by atoms with E-state index in [1.807, 2.05) is 19.9 Å². The molecule has 8 nitrogen and oxygen atoms in total. The SMILES string of the molecule is CCCNC(=O)C(=O)NCC1OCCCN1S(=O)(=O)c1cc(C)ccc1C. The Morgan fingerprint density at radius 2 is 1.93 bits per heavy atom. The maximum Gasteiger partial charge on any atom is 0.309 e. The van der Waals surface area contributed by atoms with Crippen LogP contribution >= 0.6 is 0 Å². The van der Waals surface area contributed by atoms with Gasteiger partial charge in [-0.15, -0.1) is 0 Å². The van der Waals surface area contributed by atoms with E-state index < -0.39 is 28.1 Å². The Kier molecular flexibility index (Phi) is 7.34. The van der Waals surface area contributed by atoms with Gasteiger partial charge in [-0.3, -0.25) is 9.59 Å². The van der Waals surface area contributed by atoms with Crippen molar-refractivity contribution in [3.8, 4) is 0 Å². The van der Waals surface area contributed by atoms with Crippen LogP contribution in [0.1, 0.15) is 30.9 Å². The highest BCUT2D eigenvalue weighted by molar-refractivity contribution is 7.89. The lowest BCUT2D eigenvalue weighted by atomic mass is 10.2. The van der Waals surface area contributed by atoms with E-state index in [0.717, 1.165) is 5.56 Å². The first-order valence-electron chi connectivity index (χ1n) is 9.04. The van der Waals surface area contributed by atoms with Crippen LogP contribution in [-0.2, 0) is 24.3 Å². The first-order valence-corrected chi connectivity index (χ1v) is 10.5. The fraction of sp³-hybridized carbons (Fsp3) is 0.556. The molecule has 2 N–H and O–H groups in total. The van der Waals surface area contributed by atoms with Gasteiger partial charge in [-0.2, -0.15) is 4.31 Å². The number of aryl methyl sites for hydroxylation is 2. The Morgan fingerprint density at radius 3 is 2.63 bits per heavy atom. The predicted molar refractivity (Wildman–Crippen MR) is 100 cm³/mol. The highest BCUT2D eigenvalue weighted by atomic mass is 32.2. The van der Waals surface area contributed by atoms with Crippen LogP contribution in [0, 0.1) is 13.8 Å². The second-order valence-corrected chi connectivity index (χ2v) is 8.39. The quantitative estimate of drug-likeness (QED) is 0.687. The number of hydrogen-bond donors (Lipinski definition) is 2. The third-order valence-electron chi connectivity index (χ3n) is 4.26. The van der Waals surface area contributed by atoms with Crippen LogP contribution in [0.5, 0.6) is 0 Å². The molecule has 1 aliphatic rings. The van der Waals surface area contributed by atoms with E-state index in [1.165, 1.54) is 4.31 Å². The molecule has 2 rings (SSSR count). The van der Waals surface area contributed by atoms with Gasteiger partial charge in [0.1, 0.15) is 6.23 Å². The zero-order chi connectivity index (χ0) is 20.0. The lowest BCUT2D eigenvalue weighted by Gasteiger charge is -2.35. The van der Waals surface area contributed by atoms with Gasteiger partial charge in [0.05, 0.1) is 18.0 Å². The van der Waals surface area contributed by atoms with Crippen molar-refractivity contribution in [1.29, 1.82) is 0 Å². The first-order chi connectivity index (χ1) is 12.8. The number of carbonyl (C=O) groups excluding carboxylic acids is 2. The summed E-state index contributed by atoms with van der Waals surface area (Å²) in [5, 5.41) is 4.94. The molecule has 0 saturated carbocycles. The zero-order valence-electron chi connectivity index (χ0n) is 15.9. The summed E-state index contributed by atoms with van der Waals surface area (Å²) in [4.78, 5) is 23.8. The van der Waals surface area contributed by atoms with E-state index >= 15 is 0 Å². The van der Waals surface area contributed by atoms with E-state index in [0.29, 0.717) is 31.6 Å². The molecule has 1 fully saturated rings. The van der Waals surface area contributed by atoms with E-state index in [-0.39, 0.29) is 18.0 Å². The summed E-state index contributed by atoms with van der Waals surface area (Å²) in [5.41, 5.74) is 1.49. The summed E-state index contributed by atoms with van der Waals surface area (Å²) in [5.74, 6) is -1.54. The second kappa shape index (κ2) is 9.29. The van der Waals surface area contributed by atoms with Gasteiger partial charge < -0.3 is 15.4 Å². The van der Waals surface area contributed by atoms with Gasteiger partial charge >= 0.3 is 11.8 Å². The van der Waals surface area contributed by atoms with Crippen molar-refractivity contribution in [2.45, 2.75) is 44.7 Å². The number of sulfonamides is 1. The van der Waals surface area contributed by atoms with Crippen molar-refractivity contribution in [2.24, 2.45) is 0 Å². The fourth-order valence-electron chi connectivity index (χ4n) is 2.79. The van der Waals surface area contributed by atoms with E-state index in [4.69, 9.17) is 4.74 Å². The van der Waals surface area contributed by atoms with Crippen LogP contribution in [-0.4, -0.2) is 57.0 Å². The normalized spacial score (nSPS) is 18.1. The van der Waals surface area contributed by atoms with E-state index in [2.05, 4.69) is 10.6 Å². The Balaban J connectivity index is 2.13. The third kappa shape index (κ3) is 5.27. The molecule has 0 radical (unpaired) electrons. The van der Waals surface area contributed by atoms with Gasteiger partial charge in [0, 0.05) is 13.1 Å². The second-order valence-electron chi connectivity index (χ2n) is 6.53. The minimum Gasteiger partial charge on any atom is -0.360 e. The molecule has 1 aromatic carbocycles. The number of amides is 2. The number of rotatable bonds is 6. The highest BCUT2D eigenvalue weighted by Crippen LogP contribution is 2.25. The standard InChI is InChI=1S/C18H27N3O5S/c1-4-8-19-17(22)18(23)20-12-16-21(9-5-10-26-16)27(24,25)15-11-13(2)6-7-14(15)3/h6-7,11,16H,4-5,8-10,12H2,1-3H3,(H,19,22)(H,20,23). The Morgan fingerprint density at radius 1 is 1.22 bits per heavy atom. The van der Waals surface area contributed by atoms with Crippen LogP contribution in [0.2, 0.25) is 0 Å². The van der Waals surface area contributed by atoms with E-state index in [9.17, 15) is 18.0 Å².